The van der Waals surface area contributed by atoms with Gasteiger partial charge in [-0.2, -0.15) is 0 Å². The van der Waals surface area contributed by atoms with E-state index < -0.39 is 11.9 Å². The second kappa shape index (κ2) is 9.65. The van der Waals surface area contributed by atoms with Crippen molar-refractivity contribution in [2.75, 3.05) is 0 Å². The molecule has 0 radical (unpaired) electrons. The van der Waals surface area contributed by atoms with E-state index in [9.17, 15) is 14.7 Å². The van der Waals surface area contributed by atoms with Gasteiger partial charge in [-0.3, -0.25) is 14.6 Å². The first kappa shape index (κ1) is 24.6. The Morgan fingerprint density at radius 1 is 1.00 bits per heavy atom. The van der Waals surface area contributed by atoms with Crippen LogP contribution in [0.2, 0.25) is 0 Å². The van der Waals surface area contributed by atoms with Gasteiger partial charge in [0.2, 0.25) is 0 Å². The van der Waals surface area contributed by atoms with Gasteiger partial charge in [0.05, 0.1) is 18.9 Å². The van der Waals surface area contributed by atoms with Gasteiger partial charge in [-0.05, 0) is 90.7 Å². The molecule has 2 fully saturated rings. The highest BCUT2D eigenvalue weighted by Crippen LogP contribution is 2.66. The van der Waals surface area contributed by atoms with Crippen molar-refractivity contribution in [3.05, 3.63) is 47.8 Å². The van der Waals surface area contributed by atoms with Crippen LogP contribution in [0.15, 0.2) is 42.3 Å². The van der Waals surface area contributed by atoms with E-state index in [4.69, 9.17) is 10.2 Å². The van der Waals surface area contributed by atoms with Crippen LogP contribution in [0.5, 0.6) is 0 Å². The van der Waals surface area contributed by atoms with E-state index >= 15 is 0 Å². The fourth-order valence-corrected chi connectivity index (χ4v) is 7.39. The summed E-state index contributed by atoms with van der Waals surface area (Å²) in [6.07, 6.45) is 16.4. The van der Waals surface area contributed by atoms with Gasteiger partial charge >= 0.3 is 11.9 Å². The molecule has 6 atom stereocenters. The van der Waals surface area contributed by atoms with E-state index in [0.29, 0.717) is 10.8 Å². The molecule has 1 heterocycles. The number of fused-ring (bicyclic) bond motifs is 5. The molecule has 0 aliphatic heterocycles. The van der Waals surface area contributed by atoms with Crippen molar-refractivity contribution < 1.29 is 24.9 Å². The molecule has 0 unspecified atom stereocenters. The number of aliphatic hydroxyl groups is 1. The van der Waals surface area contributed by atoms with E-state index in [-0.39, 0.29) is 18.9 Å². The highest BCUT2D eigenvalue weighted by molar-refractivity contribution is 5.75. The molecule has 0 aromatic carbocycles. The third-order valence-electron chi connectivity index (χ3n) is 9.18. The molecule has 0 amide bonds. The number of pyridine rings is 1. The van der Waals surface area contributed by atoms with Crippen LogP contribution in [0.4, 0.5) is 0 Å². The minimum Gasteiger partial charge on any atom is -0.481 e. The predicted octanol–water partition coefficient (Wildman–Crippen LogP) is 5.33. The fraction of sp³-hybridized carbons (Fsp3) is 0.607. The minimum absolute atomic E-state index is 0.106. The summed E-state index contributed by atoms with van der Waals surface area (Å²) in [5.74, 6) is 0.204. The maximum atomic E-state index is 10.2. The van der Waals surface area contributed by atoms with Crippen molar-refractivity contribution in [2.24, 2.45) is 28.6 Å². The molecule has 4 aliphatic rings. The third kappa shape index (κ3) is 4.57. The zero-order valence-electron chi connectivity index (χ0n) is 20.2. The van der Waals surface area contributed by atoms with Crippen LogP contribution in [0.1, 0.15) is 77.2 Å². The summed E-state index contributed by atoms with van der Waals surface area (Å²) in [5.41, 5.74) is 5.09. The van der Waals surface area contributed by atoms with Crippen molar-refractivity contribution in [3.8, 4) is 0 Å². The van der Waals surface area contributed by atoms with Crippen molar-refractivity contribution >= 4 is 17.5 Å². The topological polar surface area (TPSA) is 108 Å². The smallest absolute Gasteiger partial charge is 0.303 e. The lowest BCUT2D eigenvalue weighted by atomic mass is 9.47. The highest BCUT2D eigenvalue weighted by Gasteiger charge is 2.56. The molecule has 2 saturated carbocycles. The first-order valence-electron chi connectivity index (χ1n) is 12.6. The first-order chi connectivity index (χ1) is 16.1. The second-order valence-electron chi connectivity index (χ2n) is 11.0. The Labute approximate surface area is 201 Å². The number of hydrogen-bond acceptors (Lipinski definition) is 4. The molecule has 0 spiro atoms. The minimum atomic E-state index is -1.08. The molecular weight excluding hydrogens is 430 g/mol. The van der Waals surface area contributed by atoms with Crippen molar-refractivity contribution in [2.45, 2.75) is 77.7 Å². The number of carboxylic acid groups (broad SMARTS) is 2. The quantitative estimate of drug-likeness (QED) is 0.516. The molecule has 3 N–H and O–H groups in total. The normalized spacial score (nSPS) is 36.0. The fourth-order valence-electron chi connectivity index (χ4n) is 7.39. The van der Waals surface area contributed by atoms with Crippen LogP contribution in [0.25, 0.3) is 5.57 Å². The molecule has 1 aromatic heterocycles. The number of carbonyl (C=O) groups is 2. The number of aromatic nitrogens is 1. The summed E-state index contributed by atoms with van der Waals surface area (Å²) in [4.78, 5) is 23.7. The number of allylic oxidation sites excluding steroid dienone is 3. The van der Waals surface area contributed by atoms with Crippen LogP contribution >= 0.6 is 0 Å². The maximum absolute atomic E-state index is 10.2. The molecular formula is C28H37NO5. The summed E-state index contributed by atoms with van der Waals surface area (Å²) < 4.78 is 0. The lowest BCUT2D eigenvalue weighted by molar-refractivity contribution is -0.143. The van der Waals surface area contributed by atoms with Gasteiger partial charge in [-0.25, -0.2) is 0 Å². The number of aliphatic carboxylic acids is 2. The summed E-state index contributed by atoms with van der Waals surface area (Å²) >= 11 is 0. The van der Waals surface area contributed by atoms with Gasteiger partial charge in [-0.1, -0.05) is 37.6 Å². The molecule has 4 aliphatic carbocycles. The second-order valence-corrected chi connectivity index (χ2v) is 11.0. The van der Waals surface area contributed by atoms with E-state index in [2.05, 4.69) is 43.1 Å². The van der Waals surface area contributed by atoms with Gasteiger partial charge < -0.3 is 15.3 Å². The van der Waals surface area contributed by atoms with Crippen LogP contribution in [0, 0.1) is 28.6 Å². The standard InChI is InChI=1S/C24H31NO.C4H6O4/c1-23-11-9-18(26)14-17(23)5-6-19-21-8-7-20(16-4-3-13-25-15-16)24(21,2)12-10-22(19)23;5-3(6)1-2-4(7)8/h3-5,7,13,15,18-19,21-22,26H,6,8-12,14H2,1-2H3;1-2H2,(H,5,6)(H,7,8)/t18-,19-,21-,22-,23-,24+;/m0./s1. The van der Waals surface area contributed by atoms with Gasteiger partial charge in [-0.15, -0.1) is 0 Å². The molecule has 0 bridgehead atoms. The van der Waals surface area contributed by atoms with Crippen molar-refractivity contribution in [1.82, 2.24) is 4.98 Å². The maximum Gasteiger partial charge on any atom is 0.303 e. The van der Waals surface area contributed by atoms with Gasteiger partial charge in [0.25, 0.3) is 0 Å². The number of hydrogen-bond donors (Lipinski definition) is 3. The van der Waals surface area contributed by atoms with Crippen molar-refractivity contribution in [3.63, 3.8) is 0 Å². The zero-order chi connectivity index (χ0) is 24.5. The largest absolute Gasteiger partial charge is 0.481 e. The van der Waals surface area contributed by atoms with E-state index in [0.717, 1.165) is 30.6 Å². The summed E-state index contributed by atoms with van der Waals surface area (Å²) in [6.45, 7) is 5.03. The Bertz CT molecular complexity index is 972. The van der Waals surface area contributed by atoms with Crippen LogP contribution in [-0.4, -0.2) is 38.3 Å². The van der Waals surface area contributed by atoms with Gasteiger partial charge in [0.15, 0.2) is 0 Å². The number of aliphatic hydroxyl groups excluding tert-OH is 1. The zero-order valence-corrected chi connectivity index (χ0v) is 20.2. The first-order valence-corrected chi connectivity index (χ1v) is 12.6. The number of carboxylic acids is 2. The van der Waals surface area contributed by atoms with E-state index in [1.165, 1.54) is 37.7 Å². The highest BCUT2D eigenvalue weighted by atomic mass is 16.4. The average Bonchev–Trinajstić information content (AvgIpc) is 3.16. The molecule has 0 saturated heterocycles. The summed E-state index contributed by atoms with van der Waals surface area (Å²) in [7, 11) is 0. The van der Waals surface area contributed by atoms with E-state index in [1.54, 1.807) is 11.1 Å². The molecule has 1 aromatic rings. The summed E-state index contributed by atoms with van der Waals surface area (Å²) in [6, 6.07) is 4.31. The van der Waals surface area contributed by atoms with Crippen LogP contribution in [-0.2, 0) is 9.59 Å². The predicted molar refractivity (Wildman–Crippen MR) is 130 cm³/mol. The Balaban J connectivity index is 0.000000297. The number of rotatable bonds is 4. The van der Waals surface area contributed by atoms with Crippen molar-refractivity contribution in [1.29, 1.82) is 0 Å². The summed E-state index contributed by atoms with van der Waals surface area (Å²) in [5, 5.41) is 26.0. The van der Waals surface area contributed by atoms with Gasteiger partial charge in [0.1, 0.15) is 0 Å². The molecule has 184 valence electrons. The Hall–Kier alpha value is -2.47. The Kier molecular flexibility index (Phi) is 6.99. The number of nitrogens with zero attached hydrogens (tertiary/aromatic N) is 1. The van der Waals surface area contributed by atoms with Crippen LogP contribution < -0.4 is 0 Å². The lowest BCUT2D eigenvalue weighted by Crippen LogP contribution is -2.49. The Morgan fingerprint density at radius 3 is 2.35 bits per heavy atom. The third-order valence-corrected chi connectivity index (χ3v) is 9.18. The Morgan fingerprint density at radius 2 is 1.71 bits per heavy atom. The SMILES string of the molecule is C[C@]12CC[C@H](O)CC1=CC[C@@H]1[C@@H]2CC[C@]2(C)C(c3cccnc3)=CC[C@@H]12.O=C(O)CCC(=O)O. The molecule has 5 rings (SSSR count). The van der Waals surface area contributed by atoms with Gasteiger partial charge in [0, 0.05) is 12.4 Å². The lowest BCUT2D eigenvalue weighted by Gasteiger charge is -2.57. The molecule has 6 heteroatoms. The van der Waals surface area contributed by atoms with E-state index in [1.807, 2.05) is 12.4 Å². The monoisotopic (exact) mass is 467 g/mol. The molecule has 34 heavy (non-hydrogen) atoms. The average molecular weight is 468 g/mol. The molecule has 6 nitrogen and oxygen atoms in total. The van der Waals surface area contributed by atoms with Crippen LogP contribution in [0.3, 0.4) is 0 Å².